The summed E-state index contributed by atoms with van der Waals surface area (Å²) in [7, 11) is 0. The van der Waals surface area contributed by atoms with Crippen LogP contribution in [0.1, 0.15) is 33.2 Å². The zero-order chi connectivity index (χ0) is 18.9. The summed E-state index contributed by atoms with van der Waals surface area (Å²) in [4.78, 5) is 19.3. The van der Waals surface area contributed by atoms with Crippen molar-refractivity contribution in [2.24, 2.45) is 0 Å². The van der Waals surface area contributed by atoms with Crippen molar-refractivity contribution < 1.29 is 4.79 Å². The van der Waals surface area contributed by atoms with E-state index < -0.39 is 0 Å². The number of H-pyrrole nitrogens is 1. The third-order valence-electron chi connectivity index (χ3n) is 5.13. The van der Waals surface area contributed by atoms with Crippen molar-refractivity contribution in [2.75, 3.05) is 0 Å². The van der Waals surface area contributed by atoms with Gasteiger partial charge in [0.25, 0.3) is 5.91 Å². The normalized spacial score (nSPS) is 15.6. The van der Waals surface area contributed by atoms with Gasteiger partial charge in [0, 0.05) is 30.1 Å². The number of benzene rings is 2. The molecule has 3 heterocycles. The lowest BCUT2D eigenvalue weighted by molar-refractivity contribution is 0.0730. The molecule has 5 rings (SSSR count). The van der Waals surface area contributed by atoms with E-state index in [1.807, 2.05) is 65.6 Å². The first-order valence-corrected chi connectivity index (χ1v) is 9.21. The topological polar surface area (TPSA) is 61.9 Å². The molecule has 136 valence electrons. The van der Waals surface area contributed by atoms with E-state index in [0.717, 1.165) is 27.9 Å². The van der Waals surface area contributed by atoms with Gasteiger partial charge >= 0.3 is 0 Å². The van der Waals surface area contributed by atoms with Crippen molar-refractivity contribution >= 4 is 5.91 Å². The van der Waals surface area contributed by atoms with Gasteiger partial charge in [-0.1, -0.05) is 60.7 Å². The molecule has 1 unspecified atom stereocenters. The van der Waals surface area contributed by atoms with Crippen LogP contribution in [0, 0.1) is 0 Å². The van der Waals surface area contributed by atoms with E-state index in [-0.39, 0.29) is 11.9 Å². The molecule has 2 aromatic carbocycles. The Kier molecular flexibility index (Phi) is 3.98. The molecule has 1 amide bonds. The number of aromatic amines is 1. The summed E-state index contributed by atoms with van der Waals surface area (Å²) >= 11 is 0. The Hall–Kier alpha value is -3.73. The quantitative estimate of drug-likeness (QED) is 0.588. The van der Waals surface area contributed by atoms with Gasteiger partial charge in [0.15, 0.2) is 0 Å². The Bertz CT molecular complexity index is 1110. The molecule has 5 nitrogen and oxygen atoms in total. The second-order valence-electron chi connectivity index (χ2n) is 6.83. The van der Waals surface area contributed by atoms with Crippen LogP contribution < -0.4 is 0 Å². The molecule has 5 heteroatoms. The highest BCUT2D eigenvalue weighted by Crippen LogP contribution is 2.43. The van der Waals surface area contributed by atoms with E-state index in [4.69, 9.17) is 0 Å². The molecular weight excluding hydrogens is 348 g/mol. The molecule has 1 N–H and O–H groups in total. The Morgan fingerprint density at radius 2 is 1.57 bits per heavy atom. The molecule has 0 saturated heterocycles. The van der Waals surface area contributed by atoms with Crippen LogP contribution in [0.4, 0.5) is 0 Å². The van der Waals surface area contributed by atoms with Gasteiger partial charge in [0.1, 0.15) is 5.69 Å². The molecule has 1 aliphatic rings. The first-order valence-electron chi connectivity index (χ1n) is 9.21. The minimum Gasteiger partial charge on any atom is -0.322 e. The van der Waals surface area contributed by atoms with Crippen LogP contribution in [-0.2, 0) is 6.54 Å². The average molecular weight is 366 g/mol. The lowest BCUT2D eigenvalue weighted by Gasteiger charge is -2.26. The first kappa shape index (κ1) is 16.4. The maximum absolute atomic E-state index is 13.3. The van der Waals surface area contributed by atoms with Crippen molar-refractivity contribution in [1.29, 1.82) is 0 Å². The fourth-order valence-corrected chi connectivity index (χ4v) is 3.84. The molecule has 28 heavy (non-hydrogen) atoms. The van der Waals surface area contributed by atoms with Crippen LogP contribution in [-0.4, -0.2) is 26.0 Å². The molecule has 4 aromatic rings. The van der Waals surface area contributed by atoms with Crippen LogP contribution >= 0.6 is 0 Å². The molecule has 0 radical (unpaired) electrons. The van der Waals surface area contributed by atoms with Crippen molar-refractivity contribution in [3.05, 3.63) is 108 Å². The van der Waals surface area contributed by atoms with Crippen LogP contribution in [0.5, 0.6) is 0 Å². The molecule has 0 aliphatic carbocycles. The van der Waals surface area contributed by atoms with Gasteiger partial charge in [0.2, 0.25) is 0 Å². The number of hydrogen-bond acceptors (Lipinski definition) is 3. The molecule has 0 saturated carbocycles. The second-order valence-corrected chi connectivity index (χ2v) is 6.83. The fraction of sp³-hybridized carbons (Fsp3) is 0.0870. The van der Waals surface area contributed by atoms with Crippen molar-refractivity contribution in [3.63, 3.8) is 0 Å². The third-order valence-corrected chi connectivity index (χ3v) is 5.13. The van der Waals surface area contributed by atoms with E-state index in [1.54, 1.807) is 12.4 Å². The van der Waals surface area contributed by atoms with Gasteiger partial charge in [-0.3, -0.25) is 14.9 Å². The second kappa shape index (κ2) is 6.78. The number of nitrogens with zero attached hydrogens (tertiary/aromatic N) is 3. The summed E-state index contributed by atoms with van der Waals surface area (Å²) in [5, 5.41) is 7.49. The van der Waals surface area contributed by atoms with E-state index in [0.29, 0.717) is 12.2 Å². The fourth-order valence-electron chi connectivity index (χ4n) is 3.84. The minimum absolute atomic E-state index is 0.0321. The van der Waals surface area contributed by atoms with Crippen molar-refractivity contribution in [1.82, 2.24) is 20.1 Å². The highest BCUT2D eigenvalue weighted by atomic mass is 16.2. The number of carbonyl (C=O) groups is 1. The standard InChI is InChI=1S/C23H18N4O/c28-23-21-19(20(25-26-21)17-7-3-1-4-8-17)22(18-9-5-2-6-10-18)27(23)15-16-11-13-24-14-12-16/h1-14,22H,15H2,(H,25,26). The summed E-state index contributed by atoms with van der Waals surface area (Å²) in [6.45, 7) is 0.512. The monoisotopic (exact) mass is 366 g/mol. The highest BCUT2D eigenvalue weighted by Gasteiger charge is 2.42. The smallest absolute Gasteiger partial charge is 0.273 e. The number of rotatable bonds is 4. The van der Waals surface area contributed by atoms with Crippen LogP contribution in [0.15, 0.2) is 85.2 Å². The number of carbonyl (C=O) groups excluding carboxylic acids is 1. The van der Waals surface area contributed by atoms with Crippen LogP contribution in [0.2, 0.25) is 0 Å². The molecule has 2 aromatic heterocycles. The zero-order valence-corrected chi connectivity index (χ0v) is 15.1. The summed E-state index contributed by atoms with van der Waals surface area (Å²) in [6.07, 6.45) is 3.51. The molecule has 0 fully saturated rings. The Morgan fingerprint density at radius 1 is 0.893 bits per heavy atom. The van der Waals surface area contributed by atoms with Crippen molar-refractivity contribution in [2.45, 2.75) is 12.6 Å². The Balaban J connectivity index is 1.65. The number of pyridine rings is 1. The van der Waals surface area contributed by atoms with Gasteiger partial charge in [-0.25, -0.2) is 0 Å². The minimum atomic E-state index is -0.189. The number of fused-ring (bicyclic) bond motifs is 1. The lowest BCUT2D eigenvalue weighted by atomic mass is 9.96. The highest BCUT2D eigenvalue weighted by molar-refractivity contribution is 6.00. The maximum Gasteiger partial charge on any atom is 0.273 e. The van der Waals surface area contributed by atoms with Gasteiger partial charge in [-0.2, -0.15) is 5.10 Å². The predicted octanol–water partition coefficient (Wildman–Crippen LogP) is 4.22. The number of aromatic nitrogens is 3. The summed E-state index contributed by atoms with van der Waals surface area (Å²) in [5.74, 6) is -0.0321. The van der Waals surface area contributed by atoms with E-state index in [9.17, 15) is 4.79 Å². The number of hydrogen-bond donors (Lipinski definition) is 1. The summed E-state index contributed by atoms with van der Waals surface area (Å²) in [5.41, 5.74) is 5.46. The van der Waals surface area contributed by atoms with E-state index >= 15 is 0 Å². The molecule has 1 atom stereocenters. The number of amides is 1. The molecular formula is C23H18N4O. The molecule has 1 aliphatic heterocycles. The van der Waals surface area contributed by atoms with Crippen LogP contribution in [0.25, 0.3) is 11.3 Å². The predicted molar refractivity (Wildman–Crippen MR) is 106 cm³/mol. The average Bonchev–Trinajstić information content (AvgIpc) is 3.30. The van der Waals surface area contributed by atoms with E-state index in [1.165, 1.54) is 0 Å². The summed E-state index contributed by atoms with van der Waals surface area (Å²) in [6, 6.07) is 23.8. The number of nitrogens with one attached hydrogen (secondary N) is 1. The van der Waals surface area contributed by atoms with Gasteiger partial charge in [0.05, 0.1) is 11.7 Å². The Labute approximate surface area is 162 Å². The Morgan fingerprint density at radius 3 is 2.29 bits per heavy atom. The zero-order valence-electron chi connectivity index (χ0n) is 15.1. The van der Waals surface area contributed by atoms with Crippen LogP contribution in [0.3, 0.4) is 0 Å². The summed E-state index contributed by atoms with van der Waals surface area (Å²) < 4.78 is 0. The third kappa shape index (κ3) is 2.68. The van der Waals surface area contributed by atoms with Gasteiger partial charge < -0.3 is 4.90 Å². The maximum atomic E-state index is 13.3. The first-order chi connectivity index (χ1) is 13.8. The molecule has 0 spiro atoms. The SMILES string of the molecule is O=C1c2[nH]nc(-c3ccccc3)c2C(c2ccccc2)N1Cc1ccncc1. The lowest BCUT2D eigenvalue weighted by Crippen LogP contribution is -2.29. The molecule has 0 bridgehead atoms. The van der Waals surface area contributed by atoms with Gasteiger partial charge in [-0.15, -0.1) is 0 Å². The van der Waals surface area contributed by atoms with Crippen molar-refractivity contribution in [3.8, 4) is 11.3 Å². The largest absolute Gasteiger partial charge is 0.322 e. The van der Waals surface area contributed by atoms with Gasteiger partial charge in [-0.05, 0) is 23.3 Å². The van der Waals surface area contributed by atoms with E-state index in [2.05, 4.69) is 27.3 Å².